The Morgan fingerprint density at radius 1 is 0.500 bits per heavy atom. The number of para-hydroxylation sites is 1. The smallest absolute Gasteiger partial charge is 0.238 e. The molecule has 0 radical (unpaired) electrons. The average molecular weight is 556 g/mol. The highest BCUT2D eigenvalue weighted by Gasteiger charge is 2.21. The summed E-state index contributed by atoms with van der Waals surface area (Å²) in [5, 5.41) is 5.81. The van der Waals surface area contributed by atoms with Gasteiger partial charge in [0.15, 0.2) is 11.6 Å². The van der Waals surface area contributed by atoms with Crippen LogP contribution < -0.4 is 0 Å². The molecule has 0 N–H and O–H groups in total. The lowest BCUT2D eigenvalue weighted by atomic mass is 10.1. The topological polar surface area (TPSA) is 56.5 Å². The third-order valence-corrected chi connectivity index (χ3v) is 9.12. The van der Waals surface area contributed by atoms with Crippen LogP contribution in [0.3, 0.4) is 0 Å². The zero-order valence-electron chi connectivity index (χ0n) is 22.3. The summed E-state index contributed by atoms with van der Waals surface area (Å²) in [6.45, 7) is 0. The molecule has 5 nitrogen and oxygen atoms in total. The number of benzene rings is 5. The Morgan fingerprint density at radius 3 is 1.86 bits per heavy atom. The lowest BCUT2D eigenvalue weighted by Crippen LogP contribution is -2.06. The van der Waals surface area contributed by atoms with Gasteiger partial charge in [0.2, 0.25) is 5.95 Å². The SMILES string of the molecule is c1ccc(-c2nc(-c3ccccc3)nc(-n3c4ccccc4c4ccc5c(ncc6c7ccccc7sc65)c43)n2)cc1. The van der Waals surface area contributed by atoms with E-state index < -0.39 is 0 Å². The summed E-state index contributed by atoms with van der Waals surface area (Å²) in [6, 6.07) is 41.6. The summed E-state index contributed by atoms with van der Waals surface area (Å²) in [5.74, 6) is 1.83. The minimum atomic E-state index is 0.569. The van der Waals surface area contributed by atoms with Crippen molar-refractivity contribution < 1.29 is 0 Å². The fourth-order valence-electron chi connectivity index (χ4n) is 5.98. The predicted octanol–water partition coefficient (Wildman–Crippen LogP) is 9.22. The summed E-state index contributed by atoms with van der Waals surface area (Å²) in [5.41, 5.74) is 4.84. The van der Waals surface area contributed by atoms with Gasteiger partial charge in [0.05, 0.1) is 16.6 Å². The summed E-state index contributed by atoms with van der Waals surface area (Å²) in [6.07, 6.45) is 2.02. The van der Waals surface area contributed by atoms with Gasteiger partial charge in [-0.2, -0.15) is 9.97 Å². The van der Waals surface area contributed by atoms with E-state index in [4.69, 9.17) is 19.9 Å². The maximum atomic E-state index is 5.12. The molecule has 0 aliphatic heterocycles. The average Bonchev–Trinajstić information content (AvgIpc) is 3.62. The van der Waals surface area contributed by atoms with Gasteiger partial charge in [0, 0.05) is 53.7 Å². The quantitative estimate of drug-likeness (QED) is 0.218. The standard InChI is InChI=1S/C36H21N5S/c1-3-11-22(12-4-1)34-38-35(23-13-5-2-6-14-23)40-36(39-34)41-29-17-9-7-15-24(29)26-19-20-27-31(32(26)41)37-21-28-25-16-8-10-18-30(25)42-33(27)28/h1-21H. The molecular weight excluding hydrogens is 534 g/mol. The number of nitrogens with zero attached hydrogens (tertiary/aromatic N) is 5. The monoisotopic (exact) mass is 555 g/mol. The van der Waals surface area contributed by atoms with E-state index in [0.717, 1.165) is 43.8 Å². The van der Waals surface area contributed by atoms with Crippen molar-refractivity contribution in [3.8, 4) is 28.7 Å². The first-order chi connectivity index (χ1) is 20.8. The van der Waals surface area contributed by atoms with Gasteiger partial charge in [-0.15, -0.1) is 11.3 Å². The molecule has 0 aliphatic carbocycles. The summed E-state index contributed by atoms with van der Waals surface area (Å²) >= 11 is 1.82. The van der Waals surface area contributed by atoms with E-state index in [1.165, 1.54) is 20.2 Å². The molecule has 196 valence electrons. The molecule has 0 bridgehead atoms. The predicted molar refractivity (Wildman–Crippen MR) is 173 cm³/mol. The lowest BCUT2D eigenvalue weighted by molar-refractivity contribution is 0.954. The van der Waals surface area contributed by atoms with Crippen LogP contribution in [0, 0.1) is 0 Å². The van der Waals surface area contributed by atoms with E-state index in [1.54, 1.807) is 0 Å². The number of thiophene rings is 1. The molecule has 0 unspecified atom stereocenters. The fourth-order valence-corrected chi connectivity index (χ4v) is 7.18. The Kier molecular flexibility index (Phi) is 5.00. The van der Waals surface area contributed by atoms with Crippen LogP contribution in [0.25, 0.3) is 81.6 Å². The first kappa shape index (κ1) is 23.3. The van der Waals surface area contributed by atoms with Crippen molar-refractivity contribution >= 4 is 64.2 Å². The van der Waals surface area contributed by atoms with Crippen molar-refractivity contribution in [2.45, 2.75) is 0 Å². The molecule has 6 heteroatoms. The van der Waals surface area contributed by atoms with Crippen LogP contribution in [0.15, 0.2) is 128 Å². The molecule has 0 aliphatic rings. The highest BCUT2D eigenvalue weighted by molar-refractivity contribution is 7.26. The summed E-state index contributed by atoms with van der Waals surface area (Å²) in [7, 11) is 0. The Morgan fingerprint density at radius 2 is 1.12 bits per heavy atom. The van der Waals surface area contributed by atoms with E-state index in [-0.39, 0.29) is 0 Å². The van der Waals surface area contributed by atoms with Gasteiger partial charge in [0.25, 0.3) is 0 Å². The molecular formula is C36H21N5S. The number of pyridine rings is 1. The van der Waals surface area contributed by atoms with Crippen LogP contribution in [0.1, 0.15) is 0 Å². The van der Waals surface area contributed by atoms with Crippen LogP contribution >= 0.6 is 11.3 Å². The van der Waals surface area contributed by atoms with Crippen LogP contribution in [0.5, 0.6) is 0 Å². The molecule has 4 heterocycles. The van der Waals surface area contributed by atoms with Crippen molar-refractivity contribution in [3.63, 3.8) is 0 Å². The maximum absolute atomic E-state index is 5.12. The molecule has 9 aromatic rings. The zero-order chi connectivity index (χ0) is 27.6. The number of aromatic nitrogens is 5. The van der Waals surface area contributed by atoms with E-state index in [1.807, 2.05) is 78.2 Å². The van der Waals surface area contributed by atoms with Gasteiger partial charge in [-0.25, -0.2) is 4.98 Å². The Labute approximate surface area is 244 Å². The van der Waals surface area contributed by atoms with Gasteiger partial charge in [0.1, 0.15) is 0 Å². The summed E-state index contributed by atoms with van der Waals surface area (Å²) < 4.78 is 4.67. The minimum absolute atomic E-state index is 0.569. The Bertz CT molecular complexity index is 2400. The first-order valence-corrected chi connectivity index (χ1v) is 14.6. The molecule has 5 aromatic carbocycles. The number of fused-ring (bicyclic) bond motifs is 9. The minimum Gasteiger partial charge on any atom is -0.276 e. The van der Waals surface area contributed by atoms with Gasteiger partial charge in [-0.05, 0) is 12.1 Å². The molecule has 0 atom stereocenters. The molecule has 0 amide bonds. The second-order valence-corrected chi connectivity index (χ2v) is 11.4. The van der Waals surface area contributed by atoms with Gasteiger partial charge < -0.3 is 0 Å². The van der Waals surface area contributed by atoms with Crippen LogP contribution in [-0.4, -0.2) is 24.5 Å². The van der Waals surface area contributed by atoms with Gasteiger partial charge in [-0.3, -0.25) is 9.55 Å². The van der Waals surface area contributed by atoms with Crippen LogP contribution in [0.2, 0.25) is 0 Å². The summed E-state index contributed by atoms with van der Waals surface area (Å²) in [4.78, 5) is 20.2. The number of hydrogen-bond acceptors (Lipinski definition) is 5. The van der Waals surface area contributed by atoms with Crippen molar-refractivity contribution in [2.24, 2.45) is 0 Å². The van der Waals surface area contributed by atoms with Crippen molar-refractivity contribution in [3.05, 3.63) is 128 Å². The van der Waals surface area contributed by atoms with Crippen LogP contribution in [-0.2, 0) is 0 Å². The van der Waals surface area contributed by atoms with Crippen molar-refractivity contribution in [2.75, 3.05) is 0 Å². The second kappa shape index (κ2) is 9.03. The van der Waals surface area contributed by atoms with Crippen molar-refractivity contribution in [1.82, 2.24) is 24.5 Å². The van der Waals surface area contributed by atoms with Gasteiger partial charge in [-0.1, -0.05) is 109 Å². The van der Waals surface area contributed by atoms with E-state index in [9.17, 15) is 0 Å². The van der Waals surface area contributed by atoms with Gasteiger partial charge >= 0.3 is 0 Å². The zero-order valence-corrected chi connectivity index (χ0v) is 23.1. The molecule has 0 fully saturated rings. The Hall–Kier alpha value is -5.46. The van der Waals surface area contributed by atoms with E-state index in [0.29, 0.717) is 17.6 Å². The highest BCUT2D eigenvalue weighted by Crippen LogP contribution is 2.41. The van der Waals surface area contributed by atoms with E-state index >= 15 is 0 Å². The fraction of sp³-hybridized carbons (Fsp3) is 0. The van der Waals surface area contributed by atoms with Crippen molar-refractivity contribution in [1.29, 1.82) is 0 Å². The normalized spacial score (nSPS) is 11.8. The highest BCUT2D eigenvalue weighted by atomic mass is 32.1. The first-order valence-electron chi connectivity index (χ1n) is 13.8. The number of hydrogen-bond donors (Lipinski definition) is 0. The third kappa shape index (κ3) is 3.42. The molecule has 42 heavy (non-hydrogen) atoms. The van der Waals surface area contributed by atoms with E-state index in [2.05, 4.69) is 65.2 Å². The number of rotatable bonds is 3. The Balaban J connectivity index is 1.42. The van der Waals surface area contributed by atoms with Crippen LogP contribution in [0.4, 0.5) is 0 Å². The molecule has 0 saturated carbocycles. The largest absolute Gasteiger partial charge is 0.276 e. The second-order valence-electron chi connectivity index (χ2n) is 10.3. The molecule has 9 rings (SSSR count). The molecule has 0 spiro atoms. The molecule has 4 aromatic heterocycles. The molecule has 0 saturated heterocycles. The third-order valence-electron chi connectivity index (χ3n) is 7.90. The maximum Gasteiger partial charge on any atom is 0.238 e. The lowest BCUT2D eigenvalue weighted by Gasteiger charge is -2.11.